The third-order valence-electron chi connectivity index (χ3n) is 3.13. The number of rotatable bonds is 4. The highest BCUT2D eigenvalue weighted by atomic mass is 35.5. The van der Waals surface area contributed by atoms with Crippen molar-refractivity contribution < 1.29 is 4.79 Å². The number of carbonyl (C=O) groups is 1. The summed E-state index contributed by atoms with van der Waals surface area (Å²) >= 11 is 5.83. The lowest BCUT2D eigenvalue weighted by molar-refractivity contribution is -0.115. The summed E-state index contributed by atoms with van der Waals surface area (Å²) in [6.45, 7) is 4.23. The molecule has 2 aromatic rings. The van der Waals surface area contributed by atoms with Crippen molar-refractivity contribution in [3.8, 4) is 0 Å². The van der Waals surface area contributed by atoms with E-state index in [0.717, 1.165) is 16.8 Å². The van der Waals surface area contributed by atoms with Gasteiger partial charge in [0.1, 0.15) is 0 Å². The molecule has 104 valence electrons. The second kappa shape index (κ2) is 6.58. The van der Waals surface area contributed by atoms with Crippen LogP contribution in [0.2, 0.25) is 5.02 Å². The molecule has 0 unspecified atom stereocenters. The summed E-state index contributed by atoms with van der Waals surface area (Å²) in [6, 6.07) is 15.2. The van der Waals surface area contributed by atoms with Crippen LogP contribution in [0.3, 0.4) is 0 Å². The van der Waals surface area contributed by atoms with E-state index in [1.54, 1.807) is 12.1 Å². The zero-order valence-electron chi connectivity index (χ0n) is 11.7. The quantitative estimate of drug-likeness (QED) is 0.872. The maximum absolute atomic E-state index is 12.1. The SMILES string of the molecule is CC(C)c1ccccc1NC(=O)Cc1ccc(Cl)cc1. The van der Waals surface area contributed by atoms with Gasteiger partial charge in [0, 0.05) is 10.7 Å². The molecule has 0 aliphatic heterocycles. The molecule has 1 amide bonds. The first kappa shape index (κ1) is 14.6. The second-order valence-electron chi connectivity index (χ2n) is 5.09. The molecule has 0 aromatic heterocycles. The van der Waals surface area contributed by atoms with E-state index in [0.29, 0.717) is 17.4 Å². The molecule has 20 heavy (non-hydrogen) atoms. The maximum Gasteiger partial charge on any atom is 0.228 e. The van der Waals surface area contributed by atoms with E-state index in [-0.39, 0.29) is 5.91 Å². The summed E-state index contributed by atoms with van der Waals surface area (Å²) in [4.78, 5) is 12.1. The van der Waals surface area contributed by atoms with Gasteiger partial charge in [0.25, 0.3) is 0 Å². The van der Waals surface area contributed by atoms with Crippen LogP contribution < -0.4 is 5.32 Å². The number of hydrogen-bond donors (Lipinski definition) is 1. The number of carbonyl (C=O) groups excluding carboxylic acids is 1. The standard InChI is InChI=1S/C17H18ClNO/c1-12(2)15-5-3-4-6-16(15)19-17(20)11-13-7-9-14(18)10-8-13/h3-10,12H,11H2,1-2H3,(H,19,20). The Morgan fingerprint density at radius 1 is 1.10 bits per heavy atom. The van der Waals surface area contributed by atoms with Crippen molar-refractivity contribution >= 4 is 23.2 Å². The number of anilines is 1. The van der Waals surface area contributed by atoms with E-state index < -0.39 is 0 Å². The molecule has 0 aliphatic rings. The molecule has 0 atom stereocenters. The minimum Gasteiger partial charge on any atom is -0.326 e. The van der Waals surface area contributed by atoms with E-state index >= 15 is 0 Å². The zero-order chi connectivity index (χ0) is 14.5. The van der Waals surface area contributed by atoms with Gasteiger partial charge < -0.3 is 5.32 Å². The average Bonchev–Trinajstić information content (AvgIpc) is 2.41. The van der Waals surface area contributed by atoms with Crippen molar-refractivity contribution in [3.63, 3.8) is 0 Å². The number of para-hydroxylation sites is 1. The van der Waals surface area contributed by atoms with Gasteiger partial charge >= 0.3 is 0 Å². The monoisotopic (exact) mass is 287 g/mol. The van der Waals surface area contributed by atoms with Crippen molar-refractivity contribution in [1.82, 2.24) is 0 Å². The van der Waals surface area contributed by atoms with E-state index in [4.69, 9.17) is 11.6 Å². The van der Waals surface area contributed by atoms with Gasteiger partial charge in [-0.15, -0.1) is 0 Å². The van der Waals surface area contributed by atoms with Crippen LogP contribution in [0.5, 0.6) is 0 Å². The third kappa shape index (κ3) is 3.84. The molecular formula is C17H18ClNO. The number of nitrogens with one attached hydrogen (secondary N) is 1. The lowest BCUT2D eigenvalue weighted by atomic mass is 10.0. The highest BCUT2D eigenvalue weighted by Crippen LogP contribution is 2.23. The summed E-state index contributed by atoms with van der Waals surface area (Å²) in [5, 5.41) is 3.66. The van der Waals surface area contributed by atoms with Gasteiger partial charge in [-0.1, -0.05) is 55.8 Å². The molecule has 0 saturated heterocycles. The first-order chi connectivity index (χ1) is 9.56. The molecule has 0 saturated carbocycles. The normalized spacial score (nSPS) is 10.6. The fourth-order valence-corrected chi connectivity index (χ4v) is 2.22. The Morgan fingerprint density at radius 3 is 2.40 bits per heavy atom. The van der Waals surface area contributed by atoms with Crippen LogP contribution in [-0.2, 0) is 11.2 Å². The number of hydrogen-bond acceptors (Lipinski definition) is 1. The Balaban J connectivity index is 2.07. The van der Waals surface area contributed by atoms with Crippen molar-refractivity contribution in [2.24, 2.45) is 0 Å². The molecule has 0 fully saturated rings. The Kier molecular flexibility index (Phi) is 4.80. The van der Waals surface area contributed by atoms with Crippen molar-refractivity contribution in [2.45, 2.75) is 26.2 Å². The van der Waals surface area contributed by atoms with Gasteiger partial charge in [-0.3, -0.25) is 4.79 Å². The highest BCUT2D eigenvalue weighted by molar-refractivity contribution is 6.30. The summed E-state index contributed by atoms with van der Waals surface area (Å²) in [5.74, 6) is 0.363. The Morgan fingerprint density at radius 2 is 1.75 bits per heavy atom. The van der Waals surface area contributed by atoms with Crippen molar-refractivity contribution in [3.05, 3.63) is 64.7 Å². The fourth-order valence-electron chi connectivity index (χ4n) is 2.10. The van der Waals surface area contributed by atoms with Crippen LogP contribution in [0, 0.1) is 0 Å². The minimum absolute atomic E-state index is 0.0135. The molecule has 3 heteroatoms. The largest absolute Gasteiger partial charge is 0.326 e. The molecule has 1 N–H and O–H groups in total. The Hall–Kier alpha value is -1.80. The van der Waals surface area contributed by atoms with Crippen LogP contribution in [0.1, 0.15) is 30.9 Å². The van der Waals surface area contributed by atoms with Crippen LogP contribution in [0.4, 0.5) is 5.69 Å². The molecule has 2 nitrogen and oxygen atoms in total. The zero-order valence-corrected chi connectivity index (χ0v) is 12.4. The van der Waals surface area contributed by atoms with Crippen molar-refractivity contribution in [2.75, 3.05) is 5.32 Å². The Bertz CT molecular complexity index is 590. The van der Waals surface area contributed by atoms with Crippen LogP contribution in [0.25, 0.3) is 0 Å². The predicted molar refractivity (Wildman–Crippen MR) is 84.3 cm³/mol. The van der Waals surface area contributed by atoms with E-state index in [2.05, 4.69) is 19.2 Å². The molecular weight excluding hydrogens is 270 g/mol. The Labute approximate surface area is 124 Å². The average molecular weight is 288 g/mol. The summed E-state index contributed by atoms with van der Waals surface area (Å²) in [5.41, 5.74) is 2.99. The second-order valence-corrected chi connectivity index (χ2v) is 5.53. The molecule has 0 spiro atoms. The first-order valence-electron chi connectivity index (χ1n) is 6.69. The molecule has 2 rings (SSSR count). The predicted octanol–water partition coefficient (Wildman–Crippen LogP) is 4.64. The van der Waals surface area contributed by atoms with Crippen LogP contribution in [0.15, 0.2) is 48.5 Å². The van der Waals surface area contributed by atoms with Gasteiger partial charge in [0.05, 0.1) is 6.42 Å². The number of amides is 1. The van der Waals surface area contributed by atoms with Gasteiger partial charge in [0.2, 0.25) is 5.91 Å². The van der Waals surface area contributed by atoms with Gasteiger partial charge in [-0.2, -0.15) is 0 Å². The third-order valence-corrected chi connectivity index (χ3v) is 3.39. The lowest BCUT2D eigenvalue weighted by Crippen LogP contribution is -2.15. The number of benzene rings is 2. The summed E-state index contributed by atoms with van der Waals surface area (Å²) < 4.78 is 0. The molecule has 0 aliphatic carbocycles. The van der Waals surface area contributed by atoms with E-state index in [1.807, 2.05) is 36.4 Å². The van der Waals surface area contributed by atoms with E-state index in [1.165, 1.54) is 0 Å². The summed E-state index contributed by atoms with van der Waals surface area (Å²) in [7, 11) is 0. The van der Waals surface area contributed by atoms with Gasteiger partial charge in [0.15, 0.2) is 0 Å². The van der Waals surface area contributed by atoms with Crippen LogP contribution in [-0.4, -0.2) is 5.91 Å². The summed E-state index contributed by atoms with van der Waals surface area (Å²) in [6.07, 6.45) is 0.351. The minimum atomic E-state index is -0.0135. The molecule has 0 heterocycles. The fraction of sp³-hybridized carbons (Fsp3) is 0.235. The number of halogens is 1. The molecule has 2 aromatic carbocycles. The smallest absolute Gasteiger partial charge is 0.228 e. The van der Waals surface area contributed by atoms with E-state index in [9.17, 15) is 4.79 Å². The van der Waals surface area contributed by atoms with Gasteiger partial charge in [-0.05, 0) is 35.2 Å². The van der Waals surface area contributed by atoms with Crippen LogP contribution >= 0.6 is 11.6 Å². The van der Waals surface area contributed by atoms with Crippen molar-refractivity contribution in [1.29, 1.82) is 0 Å². The first-order valence-corrected chi connectivity index (χ1v) is 7.07. The lowest BCUT2D eigenvalue weighted by Gasteiger charge is -2.13. The van der Waals surface area contributed by atoms with Gasteiger partial charge in [-0.25, -0.2) is 0 Å². The maximum atomic E-state index is 12.1. The molecule has 0 radical (unpaired) electrons. The topological polar surface area (TPSA) is 29.1 Å². The molecule has 0 bridgehead atoms. The highest BCUT2D eigenvalue weighted by Gasteiger charge is 2.09.